The maximum atomic E-state index is 14.8. The molecule has 1 aromatic heterocycles. The van der Waals surface area contributed by atoms with Crippen LogP contribution in [-0.2, 0) is 15.1 Å². The molecule has 7 N–H and O–H groups in total. The van der Waals surface area contributed by atoms with E-state index in [0.717, 1.165) is 17.4 Å². The van der Waals surface area contributed by atoms with E-state index in [1.165, 1.54) is 18.2 Å². The van der Waals surface area contributed by atoms with Crippen LogP contribution in [0.15, 0.2) is 61.2 Å². The number of carbonyl (C=O) groups is 3. The number of anilines is 1. The molecule has 1 fully saturated rings. The molecule has 8 nitrogen and oxygen atoms in total. The summed E-state index contributed by atoms with van der Waals surface area (Å²) in [5.74, 6) is -3.18. The lowest BCUT2D eigenvalue weighted by Gasteiger charge is -2.37. The smallest absolute Gasteiger partial charge is 0.262 e. The SMILES string of the molecule is C=CC(=O)N1CCCC(NC(=O)c2sc3c(N)ccc4c3c2C(N)C(=O)C4(N)c2cc(-c3cccc(F)c3F)ccc2C)C1. The molecule has 11 heteroatoms. The van der Waals surface area contributed by atoms with Gasteiger partial charge >= 0.3 is 0 Å². The number of aryl methyl sites for hydroxylation is 1. The monoisotopic (exact) mass is 615 g/mol. The third-order valence-electron chi connectivity index (χ3n) is 8.69. The average Bonchev–Trinajstić information content (AvgIpc) is 3.43. The van der Waals surface area contributed by atoms with Crippen molar-refractivity contribution in [2.24, 2.45) is 11.5 Å². The molecule has 0 spiro atoms. The first-order chi connectivity index (χ1) is 21.0. The van der Waals surface area contributed by atoms with E-state index in [9.17, 15) is 23.2 Å². The molecular weight excluding hydrogens is 584 g/mol. The van der Waals surface area contributed by atoms with E-state index in [2.05, 4.69) is 11.9 Å². The van der Waals surface area contributed by atoms with Gasteiger partial charge in [-0.05, 0) is 66.3 Å². The number of ketones is 1. The number of rotatable bonds is 5. The number of amides is 2. The third-order valence-corrected chi connectivity index (χ3v) is 9.94. The molecule has 226 valence electrons. The number of nitrogens with one attached hydrogen (secondary N) is 1. The van der Waals surface area contributed by atoms with Gasteiger partial charge in [0, 0.05) is 41.3 Å². The van der Waals surface area contributed by atoms with Gasteiger partial charge in [0.15, 0.2) is 17.4 Å². The second-order valence-corrected chi connectivity index (χ2v) is 12.4. The Labute approximate surface area is 256 Å². The first kappa shape index (κ1) is 29.6. The quantitative estimate of drug-likeness (QED) is 0.193. The molecule has 3 unspecified atom stereocenters. The number of carbonyl (C=O) groups excluding carboxylic acids is 3. The first-order valence-electron chi connectivity index (χ1n) is 14.2. The lowest BCUT2D eigenvalue weighted by atomic mass is 9.69. The fourth-order valence-electron chi connectivity index (χ4n) is 6.44. The highest BCUT2D eigenvalue weighted by Gasteiger charge is 2.49. The zero-order valence-electron chi connectivity index (χ0n) is 24.0. The van der Waals surface area contributed by atoms with Crippen molar-refractivity contribution in [2.75, 3.05) is 18.8 Å². The number of thiophene rings is 1. The zero-order chi connectivity index (χ0) is 31.5. The average molecular weight is 616 g/mol. The third kappa shape index (κ3) is 4.50. The number of hydrogen-bond acceptors (Lipinski definition) is 7. The Hall–Kier alpha value is -4.45. The van der Waals surface area contributed by atoms with Crippen molar-refractivity contribution in [3.05, 3.63) is 100.0 Å². The van der Waals surface area contributed by atoms with Crippen LogP contribution in [-0.4, -0.2) is 41.6 Å². The standard InChI is InChI=1S/C33H31F2N5O3S/c1-3-24(41)40-13-5-6-18(15-40)39-32(43)30-26-25-20(11-12-23(36)29(25)44-30)33(38,31(42)28(26)37)21-14-17(10-9-16(21)2)19-7-4-8-22(34)27(19)35/h3-4,7-12,14,18,28H,1,5-6,13,15,36-38H2,2H3,(H,39,43). The van der Waals surface area contributed by atoms with Crippen molar-refractivity contribution in [1.82, 2.24) is 10.2 Å². The highest BCUT2D eigenvalue weighted by Crippen LogP contribution is 2.50. The van der Waals surface area contributed by atoms with Gasteiger partial charge in [-0.15, -0.1) is 11.3 Å². The minimum atomic E-state index is -1.77. The van der Waals surface area contributed by atoms with Gasteiger partial charge in [-0.3, -0.25) is 14.4 Å². The summed E-state index contributed by atoms with van der Waals surface area (Å²) in [6, 6.07) is 10.5. The lowest BCUT2D eigenvalue weighted by Crippen LogP contribution is -2.53. The molecule has 3 aromatic carbocycles. The first-order valence-corrected chi connectivity index (χ1v) is 15.0. The van der Waals surface area contributed by atoms with Gasteiger partial charge in [-0.1, -0.05) is 36.9 Å². The summed E-state index contributed by atoms with van der Waals surface area (Å²) in [6.45, 7) is 6.23. The lowest BCUT2D eigenvalue weighted by molar-refractivity contribution is -0.127. The second kappa shape index (κ2) is 10.9. The van der Waals surface area contributed by atoms with Gasteiger partial charge in [0.25, 0.3) is 5.91 Å². The molecule has 2 aliphatic rings. The summed E-state index contributed by atoms with van der Waals surface area (Å²) < 4.78 is 29.4. The Balaban J connectivity index is 1.47. The van der Waals surface area contributed by atoms with Gasteiger partial charge in [0.05, 0.1) is 15.6 Å². The van der Waals surface area contributed by atoms with Crippen molar-refractivity contribution in [2.45, 2.75) is 37.4 Å². The Bertz CT molecular complexity index is 1890. The summed E-state index contributed by atoms with van der Waals surface area (Å²) in [4.78, 5) is 42.1. The number of nitrogens with two attached hydrogens (primary N) is 3. The van der Waals surface area contributed by atoms with Crippen LogP contribution in [0.1, 0.15) is 50.8 Å². The number of nitrogen functional groups attached to an aromatic ring is 1. The summed E-state index contributed by atoms with van der Waals surface area (Å²) in [7, 11) is 0. The number of halogens is 2. The molecule has 3 atom stereocenters. The normalized spacial score (nSPS) is 21.4. The van der Waals surface area contributed by atoms with E-state index in [1.807, 2.05) is 0 Å². The fraction of sp³-hybridized carbons (Fsp3) is 0.242. The number of likely N-dealkylation sites (tertiary alicyclic amines) is 1. The minimum absolute atomic E-state index is 0.0242. The maximum Gasteiger partial charge on any atom is 0.262 e. The number of piperidine rings is 1. The van der Waals surface area contributed by atoms with Crippen molar-refractivity contribution in [3.63, 3.8) is 0 Å². The van der Waals surface area contributed by atoms with Crippen LogP contribution in [0.3, 0.4) is 0 Å². The summed E-state index contributed by atoms with van der Waals surface area (Å²) in [6.07, 6.45) is 2.64. The molecule has 0 saturated carbocycles. The van der Waals surface area contributed by atoms with Gasteiger partial charge in [-0.25, -0.2) is 8.78 Å². The van der Waals surface area contributed by atoms with Gasteiger partial charge in [0.2, 0.25) is 5.91 Å². The molecule has 1 saturated heterocycles. The molecule has 1 aliphatic carbocycles. The highest BCUT2D eigenvalue weighted by molar-refractivity contribution is 7.21. The Morgan fingerprint density at radius 1 is 1.16 bits per heavy atom. The van der Waals surface area contributed by atoms with Crippen LogP contribution in [0.25, 0.3) is 21.2 Å². The van der Waals surface area contributed by atoms with Crippen molar-refractivity contribution in [3.8, 4) is 11.1 Å². The van der Waals surface area contributed by atoms with Crippen LogP contribution in [0, 0.1) is 18.6 Å². The van der Waals surface area contributed by atoms with Gasteiger partial charge in [-0.2, -0.15) is 0 Å². The largest absolute Gasteiger partial charge is 0.398 e. The Kier molecular flexibility index (Phi) is 7.35. The van der Waals surface area contributed by atoms with E-state index in [4.69, 9.17) is 17.2 Å². The van der Waals surface area contributed by atoms with E-state index in [1.54, 1.807) is 42.2 Å². The predicted molar refractivity (Wildman–Crippen MR) is 167 cm³/mol. The summed E-state index contributed by atoms with van der Waals surface area (Å²) in [5, 5.41) is 3.54. The minimum Gasteiger partial charge on any atom is -0.398 e. The number of nitrogens with zero attached hydrogens (tertiary/aromatic N) is 1. The Morgan fingerprint density at radius 3 is 2.68 bits per heavy atom. The van der Waals surface area contributed by atoms with E-state index in [0.29, 0.717) is 69.5 Å². The van der Waals surface area contributed by atoms with Crippen LogP contribution in [0.2, 0.25) is 0 Å². The van der Waals surface area contributed by atoms with Crippen molar-refractivity contribution >= 4 is 44.7 Å². The fourth-order valence-corrected chi connectivity index (χ4v) is 7.65. The predicted octanol–water partition coefficient (Wildman–Crippen LogP) is 4.43. The summed E-state index contributed by atoms with van der Waals surface area (Å²) in [5.41, 5.74) is 20.9. The molecule has 44 heavy (non-hydrogen) atoms. The van der Waals surface area contributed by atoms with Gasteiger partial charge in [0.1, 0.15) is 5.54 Å². The number of benzene rings is 3. The van der Waals surface area contributed by atoms with Crippen LogP contribution < -0.4 is 22.5 Å². The van der Waals surface area contributed by atoms with E-state index >= 15 is 0 Å². The molecule has 0 radical (unpaired) electrons. The molecule has 2 heterocycles. The molecular formula is C33H31F2N5O3S. The van der Waals surface area contributed by atoms with E-state index < -0.39 is 34.9 Å². The molecule has 4 aromatic rings. The van der Waals surface area contributed by atoms with Crippen LogP contribution in [0.5, 0.6) is 0 Å². The van der Waals surface area contributed by atoms with E-state index in [-0.39, 0.29) is 22.4 Å². The molecule has 2 amide bonds. The van der Waals surface area contributed by atoms with Crippen LogP contribution >= 0.6 is 11.3 Å². The van der Waals surface area contributed by atoms with Crippen molar-refractivity contribution in [1.29, 1.82) is 0 Å². The topological polar surface area (TPSA) is 145 Å². The maximum absolute atomic E-state index is 14.8. The molecule has 0 bridgehead atoms. The second-order valence-electron chi connectivity index (χ2n) is 11.3. The number of hydrogen-bond donors (Lipinski definition) is 4. The van der Waals surface area contributed by atoms with Crippen molar-refractivity contribution < 1.29 is 23.2 Å². The van der Waals surface area contributed by atoms with Gasteiger partial charge < -0.3 is 27.4 Å². The zero-order valence-corrected chi connectivity index (χ0v) is 24.8. The summed E-state index contributed by atoms with van der Waals surface area (Å²) >= 11 is 1.13. The van der Waals surface area contributed by atoms with Crippen LogP contribution in [0.4, 0.5) is 14.5 Å². The molecule has 6 rings (SSSR count). The molecule has 1 aliphatic heterocycles. The highest BCUT2D eigenvalue weighted by atomic mass is 32.1. The number of Topliss-reactive ketones (excluding diaryl/α,β-unsaturated/α-hetero) is 1. The Morgan fingerprint density at radius 2 is 1.93 bits per heavy atom.